The number of amides is 8. The lowest BCUT2D eigenvalue weighted by Crippen LogP contribution is -2.62. The van der Waals surface area contributed by atoms with Gasteiger partial charge in [-0.05, 0) is 82.2 Å². The summed E-state index contributed by atoms with van der Waals surface area (Å²) in [7, 11) is 0. The van der Waals surface area contributed by atoms with E-state index in [1.165, 1.54) is 16.7 Å². The first-order valence-corrected chi connectivity index (χ1v) is 24.2. The Morgan fingerprint density at radius 1 is 0.629 bits per heavy atom. The van der Waals surface area contributed by atoms with E-state index in [9.17, 15) is 63.6 Å². The topological polar surface area (TPSA) is 365 Å². The number of carboxylic acids is 1. The molecule has 2 aliphatic heterocycles. The van der Waals surface area contributed by atoms with Crippen LogP contribution >= 0.6 is 0 Å². The van der Waals surface area contributed by atoms with Crippen molar-refractivity contribution in [2.24, 2.45) is 23.3 Å². The highest BCUT2D eigenvalue weighted by atomic mass is 16.4. The van der Waals surface area contributed by atoms with Crippen molar-refractivity contribution in [2.75, 3.05) is 32.8 Å². The maximum Gasteiger partial charge on any atom is 0.326 e. The predicted octanol–water partition coefficient (Wildman–Crippen LogP) is -2.88. The molecule has 0 spiro atoms. The number of carbonyl (C=O) groups excluding carboxylic acids is 8. The summed E-state index contributed by atoms with van der Waals surface area (Å²) >= 11 is 0. The Morgan fingerprint density at radius 3 is 1.60 bits per heavy atom. The molecule has 23 heteroatoms. The number of nitrogens with two attached hydrogens (primary N) is 2. The minimum absolute atomic E-state index is 0.0565. The first kappa shape index (κ1) is 58.6. The molecule has 1 aromatic rings. The number of benzene rings is 1. The van der Waals surface area contributed by atoms with Crippen LogP contribution in [0.25, 0.3) is 0 Å². The van der Waals surface area contributed by atoms with E-state index in [4.69, 9.17) is 11.5 Å². The third kappa shape index (κ3) is 17.6. The van der Waals surface area contributed by atoms with Gasteiger partial charge < -0.3 is 73.6 Å². The van der Waals surface area contributed by atoms with Crippen LogP contribution in [-0.2, 0) is 49.6 Å². The quantitative estimate of drug-likeness (QED) is 0.0375. The van der Waals surface area contributed by atoms with Crippen molar-refractivity contribution < 1.29 is 63.6 Å². The van der Waals surface area contributed by atoms with Crippen LogP contribution in [-0.4, -0.2) is 177 Å². The molecule has 0 unspecified atom stereocenters. The fourth-order valence-corrected chi connectivity index (χ4v) is 8.49. The van der Waals surface area contributed by atoms with E-state index >= 15 is 0 Å². The molecule has 0 radical (unpaired) electrons. The summed E-state index contributed by atoms with van der Waals surface area (Å²) in [5.41, 5.74) is 12.3. The number of hydrogen-bond donors (Lipinski definition) is 12. The number of nitrogens with zero attached hydrogens (tertiary/aromatic N) is 2. The monoisotopic (exact) mass is 989 g/mol. The number of aliphatic carboxylic acids is 1. The fourth-order valence-electron chi connectivity index (χ4n) is 8.49. The number of nitrogens with one attached hydrogen (secondary N) is 6. The van der Waals surface area contributed by atoms with Gasteiger partial charge in [-0.25, -0.2) is 4.79 Å². The molecule has 0 aliphatic carbocycles. The maximum atomic E-state index is 14.3. The second kappa shape index (κ2) is 28.8. The highest BCUT2D eigenvalue weighted by Gasteiger charge is 2.42. The van der Waals surface area contributed by atoms with Gasteiger partial charge in [0.1, 0.15) is 48.3 Å². The Morgan fingerprint density at radius 2 is 1.10 bits per heavy atom. The summed E-state index contributed by atoms with van der Waals surface area (Å²) in [5, 5.41) is 55.3. The molecule has 10 atom stereocenters. The Balaban J connectivity index is 1.78. The van der Waals surface area contributed by atoms with Crippen molar-refractivity contribution in [3.05, 3.63) is 35.9 Å². The number of carbonyl (C=O) groups is 9. The molecule has 3 rings (SSSR count). The molecular formula is C47H76N10O13. The Hall–Kier alpha value is -5.75. The fraction of sp³-hybridized carbons (Fsp3) is 0.681. The molecule has 2 fully saturated rings. The van der Waals surface area contributed by atoms with E-state index < -0.39 is 127 Å². The van der Waals surface area contributed by atoms with Gasteiger partial charge in [0, 0.05) is 19.5 Å². The summed E-state index contributed by atoms with van der Waals surface area (Å²) in [5.74, 6) is -7.98. The van der Waals surface area contributed by atoms with Gasteiger partial charge in [0.15, 0.2) is 0 Å². The lowest BCUT2D eigenvalue weighted by molar-refractivity contribution is -0.143. The average Bonchev–Trinajstić information content (AvgIpc) is 4.02. The van der Waals surface area contributed by atoms with E-state index in [1.807, 2.05) is 13.8 Å². The van der Waals surface area contributed by atoms with E-state index in [2.05, 4.69) is 31.9 Å². The van der Waals surface area contributed by atoms with Crippen molar-refractivity contribution >= 4 is 53.2 Å². The number of aliphatic hydroxyl groups is 3. The third-order valence-corrected chi connectivity index (χ3v) is 12.2. The molecule has 14 N–H and O–H groups in total. The van der Waals surface area contributed by atoms with E-state index in [0.717, 1.165) is 0 Å². The highest BCUT2D eigenvalue weighted by Crippen LogP contribution is 2.22. The zero-order valence-corrected chi connectivity index (χ0v) is 40.9. The number of aliphatic hydroxyl groups excluding tert-OH is 3. The van der Waals surface area contributed by atoms with Gasteiger partial charge in [-0.2, -0.15) is 0 Å². The second-order valence-electron chi connectivity index (χ2n) is 19.0. The van der Waals surface area contributed by atoms with Crippen LogP contribution in [0.4, 0.5) is 0 Å². The van der Waals surface area contributed by atoms with Gasteiger partial charge in [-0.3, -0.25) is 38.4 Å². The molecule has 0 bridgehead atoms. The van der Waals surface area contributed by atoms with E-state index in [0.29, 0.717) is 50.6 Å². The number of carboxylic acid groups (broad SMARTS) is 1. The Labute approximate surface area is 409 Å². The summed E-state index contributed by atoms with van der Waals surface area (Å²) in [4.78, 5) is 124. The predicted molar refractivity (Wildman–Crippen MR) is 254 cm³/mol. The molecular weight excluding hydrogens is 913 g/mol. The number of unbranched alkanes of at least 4 members (excludes halogenated alkanes) is 1. The SMILES string of the molecule is CC(C)C[C@H](NC(=O)[C@H](CO)NC(=O)[C@@H](NC(=O)[C@H](Cc1ccccc1)NC(=O)[C@@H]1CCCN1C(=O)[C@H](CC(C)C)NC(=O)[C@H](CO)NC(=O)[C@@H]1CCCN1C(=O)[C@@H](N)CCCCN)[C@@H](C)O)C(=O)O. The van der Waals surface area contributed by atoms with E-state index in [1.54, 1.807) is 44.2 Å². The Bertz CT molecular complexity index is 1940. The minimum Gasteiger partial charge on any atom is -0.480 e. The second-order valence-corrected chi connectivity index (χ2v) is 19.0. The first-order chi connectivity index (χ1) is 33.1. The van der Waals surface area contributed by atoms with Gasteiger partial charge >= 0.3 is 5.97 Å². The number of likely N-dealkylation sites (tertiary alicyclic amines) is 2. The third-order valence-electron chi connectivity index (χ3n) is 12.2. The minimum atomic E-state index is -1.73. The normalized spacial score (nSPS) is 19.2. The summed E-state index contributed by atoms with van der Waals surface area (Å²) in [6, 6.07) is -3.21. The van der Waals surface area contributed by atoms with Crippen LogP contribution in [0.1, 0.15) is 98.0 Å². The molecule has 70 heavy (non-hydrogen) atoms. The zero-order valence-electron chi connectivity index (χ0n) is 40.9. The lowest BCUT2D eigenvalue weighted by atomic mass is 10.0. The highest BCUT2D eigenvalue weighted by molar-refractivity contribution is 5.98. The van der Waals surface area contributed by atoms with Crippen LogP contribution in [0.2, 0.25) is 0 Å². The summed E-state index contributed by atoms with van der Waals surface area (Å²) in [6.07, 6.45) is 1.55. The van der Waals surface area contributed by atoms with Gasteiger partial charge in [0.05, 0.1) is 25.4 Å². The van der Waals surface area contributed by atoms with Crippen molar-refractivity contribution in [1.29, 1.82) is 0 Å². The molecule has 392 valence electrons. The summed E-state index contributed by atoms with van der Waals surface area (Å²) in [6.45, 7) is 7.36. The molecule has 0 saturated carbocycles. The number of rotatable bonds is 28. The van der Waals surface area contributed by atoms with Crippen LogP contribution in [0.15, 0.2) is 30.3 Å². The lowest BCUT2D eigenvalue weighted by Gasteiger charge is -2.32. The largest absolute Gasteiger partial charge is 0.480 e. The maximum absolute atomic E-state index is 14.3. The standard InChI is InChI=1S/C47H76N10O13/c1-26(2)21-32(51-40(62)34(24-58)53-43(65)36-16-11-19-56(36)45(67)30(49)15-9-10-18-48)46(68)57-20-12-17-37(57)42(64)50-31(23-29-13-7-6-8-14-29)39(61)55-38(28(5)60)44(66)54-35(25-59)41(63)52-33(47(69)70)22-27(3)4/h6-8,13-14,26-28,30-38,58-60H,9-12,15-25,48-49H2,1-5H3,(H,50,64)(H,51,62)(H,52,63)(H,53,65)(H,54,66)(H,55,61)(H,69,70)/t28-,30+,31+,32+,33+,34+,35+,36+,37+,38+/m1/s1. The van der Waals surface area contributed by atoms with Crippen LogP contribution in [0, 0.1) is 11.8 Å². The smallest absolute Gasteiger partial charge is 0.326 e. The van der Waals surface area contributed by atoms with Crippen molar-refractivity contribution in [3.8, 4) is 0 Å². The Kier molecular flexibility index (Phi) is 24.1. The van der Waals surface area contributed by atoms with E-state index in [-0.39, 0.29) is 50.6 Å². The molecule has 2 aliphatic rings. The molecule has 23 nitrogen and oxygen atoms in total. The average molecular weight is 989 g/mol. The summed E-state index contributed by atoms with van der Waals surface area (Å²) < 4.78 is 0. The molecule has 2 heterocycles. The van der Waals surface area contributed by atoms with Crippen LogP contribution in [0.3, 0.4) is 0 Å². The van der Waals surface area contributed by atoms with Crippen LogP contribution < -0.4 is 43.4 Å². The number of hydrogen-bond acceptors (Lipinski definition) is 14. The van der Waals surface area contributed by atoms with Crippen molar-refractivity contribution in [1.82, 2.24) is 41.7 Å². The first-order valence-electron chi connectivity index (χ1n) is 24.2. The van der Waals surface area contributed by atoms with Crippen molar-refractivity contribution in [3.63, 3.8) is 0 Å². The van der Waals surface area contributed by atoms with Gasteiger partial charge in [0.2, 0.25) is 47.3 Å². The van der Waals surface area contributed by atoms with Gasteiger partial charge in [-0.15, -0.1) is 0 Å². The van der Waals surface area contributed by atoms with Gasteiger partial charge in [0.25, 0.3) is 0 Å². The molecule has 2 saturated heterocycles. The molecule has 1 aromatic carbocycles. The van der Waals surface area contributed by atoms with Crippen LogP contribution in [0.5, 0.6) is 0 Å². The molecule has 8 amide bonds. The van der Waals surface area contributed by atoms with Gasteiger partial charge in [-0.1, -0.05) is 64.4 Å². The van der Waals surface area contributed by atoms with Crippen molar-refractivity contribution in [2.45, 2.75) is 159 Å². The zero-order chi connectivity index (χ0) is 52.2. The molecule has 0 aromatic heterocycles.